The van der Waals surface area contributed by atoms with Gasteiger partial charge in [-0.15, -0.1) is 0 Å². The molecule has 146 valence electrons. The Balaban J connectivity index is 1.63. The molecule has 0 saturated carbocycles. The van der Waals surface area contributed by atoms with Gasteiger partial charge in [0.2, 0.25) is 5.91 Å². The highest BCUT2D eigenvalue weighted by molar-refractivity contribution is 5.75. The summed E-state index contributed by atoms with van der Waals surface area (Å²) in [5, 5.41) is 3.05. The molecule has 0 bridgehead atoms. The standard InChI is InChI=1S/C22H37N3O/c1-3-5-6-7-8-9-22(26)23-18-20-10-12-21(13-11-20)19-25-16-14-24(4-2)15-17-25/h10-13H,3-9,14-19H2,1-2H3,(H,23,26). The summed E-state index contributed by atoms with van der Waals surface area (Å²) in [6.45, 7) is 12.0. The van der Waals surface area contributed by atoms with Crippen LogP contribution in [0.3, 0.4) is 0 Å². The molecule has 0 radical (unpaired) electrons. The molecule has 1 aromatic rings. The number of piperazine rings is 1. The van der Waals surface area contributed by atoms with E-state index in [1.54, 1.807) is 0 Å². The first-order chi connectivity index (χ1) is 12.7. The van der Waals surface area contributed by atoms with E-state index < -0.39 is 0 Å². The average Bonchev–Trinajstić information content (AvgIpc) is 2.68. The number of amides is 1. The molecule has 1 N–H and O–H groups in total. The molecular formula is C22H37N3O. The summed E-state index contributed by atoms with van der Waals surface area (Å²) in [7, 11) is 0. The Hall–Kier alpha value is -1.39. The van der Waals surface area contributed by atoms with Crippen LogP contribution >= 0.6 is 0 Å². The molecule has 1 saturated heterocycles. The molecule has 4 nitrogen and oxygen atoms in total. The number of rotatable bonds is 11. The summed E-state index contributed by atoms with van der Waals surface area (Å²) in [4.78, 5) is 16.9. The second-order valence-corrected chi connectivity index (χ2v) is 7.47. The van der Waals surface area contributed by atoms with Crippen molar-refractivity contribution >= 4 is 5.91 Å². The second kappa shape index (κ2) is 12.1. The van der Waals surface area contributed by atoms with E-state index in [1.165, 1.54) is 49.9 Å². The molecule has 26 heavy (non-hydrogen) atoms. The minimum Gasteiger partial charge on any atom is -0.352 e. The number of hydrogen-bond donors (Lipinski definition) is 1. The van der Waals surface area contributed by atoms with E-state index in [0.717, 1.165) is 32.6 Å². The maximum absolute atomic E-state index is 11.9. The van der Waals surface area contributed by atoms with Crippen LogP contribution in [0.25, 0.3) is 0 Å². The highest BCUT2D eigenvalue weighted by Gasteiger charge is 2.15. The molecule has 1 aromatic carbocycles. The lowest BCUT2D eigenvalue weighted by Gasteiger charge is -2.34. The van der Waals surface area contributed by atoms with Gasteiger partial charge in [-0.1, -0.05) is 63.8 Å². The van der Waals surface area contributed by atoms with Crippen LogP contribution in [0, 0.1) is 0 Å². The van der Waals surface area contributed by atoms with Crippen molar-refractivity contribution < 1.29 is 4.79 Å². The van der Waals surface area contributed by atoms with Gasteiger partial charge < -0.3 is 10.2 Å². The van der Waals surface area contributed by atoms with Gasteiger partial charge in [-0.25, -0.2) is 0 Å². The highest BCUT2D eigenvalue weighted by atomic mass is 16.1. The van der Waals surface area contributed by atoms with Crippen molar-refractivity contribution in [1.29, 1.82) is 0 Å². The topological polar surface area (TPSA) is 35.6 Å². The summed E-state index contributed by atoms with van der Waals surface area (Å²) in [5.74, 6) is 0.180. The van der Waals surface area contributed by atoms with E-state index in [1.807, 2.05) is 0 Å². The Morgan fingerprint density at radius 3 is 2.15 bits per heavy atom. The molecule has 1 aliphatic rings. The summed E-state index contributed by atoms with van der Waals surface area (Å²) in [6.07, 6.45) is 6.61. The van der Waals surface area contributed by atoms with E-state index in [0.29, 0.717) is 13.0 Å². The smallest absolute Gasteiger partial charge is 0.220 e. The van der Waals surface area contributed by atoms with E-state index in [-0.39, 0.29) is 5.91 Å². The van der Waals surface area contributed by atoms with Gasteiger partial charge >= 0.3 is 0 Å². The molecule has 1 heterocycles. The lowest BCUT2D eigenvalue weighted by Crippen LogP contribution is -2.45. The van der Waals surface area contributed by atoms with E-state index in [4.69, 9.17) is 0 Å². The third-order valence-corrected chi connectivity index (χ3v) is 5.34. The second-order valence-electron chi connectivity index (χ2n) is 7.47. The Bertz CT molecular complexity index is 507. The van der Waals surface area contributed by atoms with Crippen molar-refractivity contribution in [2.75, 3.05) is 32.7 Å². The molecule has 1 fully saturated rings. The third-order valence-electron chi connectivity index (χ3n) is 5.34. The number of carbonyl (C=O) groups is 1. The van der Waals surface area contributed by atoms with E-state index >= 15 is 0 Å². The molecule has 0 atom stereocenters. The van der Waals surface area contributed by atoms with Crippen molar-refractivity contribution in [2.45, 2.75) is 65.5 Å². The summed E-state index contributed by atoms with van der Waals surface area (Å²) in [5.41, 5.74) is 2.55. The van der Waals surface area contributed by atoms with Crippen molar-refractivity contribution in [3.63, 3.8) is 0 Å². The fraction of sp³-hybridized carbons (Fsp3) is 0.682. The minimum atomic E-state index is 0.180. The Morgan fingerprint density at radius 2 is 1.50 bits per heavy atom. The maximum atomic E-state index is 11.9. The number of likely N-dealkylation sites (N-methyl/N-ethyl adjacent to an activating group) is 1. The summed E-state index contributed by atoms with van der Waals surface area (Å²) < 4.78 is 0. The number of carbonyl (C=O) groups excluding carboxylic acids is 1. The first kappa shape index (κ1) is 20.9. The zero-order chi connectivity index (χ0) is 18.6. The van der Waals surface area contributed by atoms with Gasteiger partial charge in [-0.2, -0.15) is 0 Å². The van der Waals surface area contributed by atoms with Crippen molar-refractivity contribution in [3.05, 3.63) is 35.4 Å². The van der Waals surface area contributed by atoms with Gasteiger partial charge in [0.1, 0.15) is 0 Å². The monoisotopic (exact) mass is 359 g/mol. The molecule has 2 rings (SSSR count). The zero-order valence-electron chi connectivity index (χ0n) is 16.8. The van der Waals surface area contributed by atoms with E-state index in [2.05, 4.69) is 53.2 Å². The van der Waals surface area contributed by atoms with E-state index in [9.17, 15) is 4.79 Å². The summed E-state index contributed by atoms with van der Waals surface area (Å²) in [6, 6.07) is 8.72. The molecular weight excluding hydrogens is 322 g/mol. The quantitative estimate of drug-likeness (QED) is 0.611. The lowest BCUT2D eigenvalue weighted by atomic mass is 10.1. The zero-order valence-corrected chi connectivity index (χ0v) is 16.8. The van der Waals surface area contributed by atoms with Crippen molar-refractivity contribution in [3.8, 4) is 0 Å². The van der Waals surface area contributed by atoms with Gasteiger partial charge in [0, 0.05) is 45.7 Å². The molecule has 0 spiro atoms. The summed E-state index contributed by atoms with van der Waals surface area (Å²) >= 11 is 0. The number of unbranched alkanes of at least 4 members (excludes halogenated alkanes) is 4. The Morgan fingerprint density at radius 1 is 0.885 bits per heavy atom. The van der Waals surface area contributed by atoms with Crippen LogP contribution in [0.15, 0.2) is 24.3 Å². The Labute approximate surface area is 159 Å². The first-order valence-corrected chi connectivity index (χ1v) is 10.5. The van der Waals surface area contributed by atoms with Gasteiger partial charge in [0.05, 0.1) is 0 Å². The molecule has 0 unspecified atom stereocenters. The van der Waals surface area contributed by atoms with Gasteiger partial charge in [0.25, 0.3) is 0 Å². The molecule has 0 aromatic heterocycles. The van der Waals surface area contributed by atoms with Crippen LogP contribution in [0.1, 0.15) is 63.5 Å². The third kappa shape index (κ3) is 7.88. The fourth-order valence-electron chi connectivity index (χ4n) is 3.46. The fourth-order valence-corrected chi connectivity index (χ4v) is 3.46. The van der Waals surface area contributed by atoms with Crippen LogP contribution in [-0.4, -0.2) is 48.4 Å². The van der Waals surface area contributed by atoms with Crippen LogP contribution in [0.5, 0.6) is 0 Å². The molecule has 0 aliphatic carbocycles. The molecule has 1 amide bonds. The van der Waals surface area contributed by atoms with Gasteiger partial charge in [0.15, 0.2) is 0 Å². The normalized spacial score (nSPS) is 15.9. The van der Waals surface area contributed by atoms with Crippen LogP contribution in [0.4, 0.5) is 0 Å². The minimum absolute atomic E-state index is 0.180. The molecule has 1 aliphatic heterocycles. The maximum Gasteiger partial charge on any atom is 0.220 e. The number of benzene rings is 1. The van der Waals surface area contributed by atoms with Crippen LogP contribution < -0.4 is 5.32 Å². The number of hydrogen-bond acceptors (Lipinski definition) is 3. The Kier molecular flexibility index (Phi) is 9.72. The molecule has 4 heteroatoms. The van der Waals surface area contributed by atoms with Crippen LogP contribution in [0.2, 0.25) is 0 Å². The van der Waals surface area contributed by atoms with Crippen molar-refractivity contribution in [2.24, 2.45) is 0 Å². The van der Waals surface area contributed by atoms with Crippen molar-refractivity contribution in [1.82, 2.24) is 15.1 Å². The van der Waals surface area contributed by atoms with Gasteiger partial charge in [-0.05, 0) is 24.1 Å². The predicted molar refractivity (Wildman–Crippen MR) is 109 cm³/mol. The largest absolute Gasteiger partial charge is 0.352 e. The first-order valence-electron chi connectivity index (χ1n) is 10.5. The SMILES string of the molecule is CCCCCCCC(=O)NCc1ccc(CN2CCN(CC)CC2)cc1. The lowest BCUT2D eigenvalue weighted by molar-refractivity contribution is -0.121. The van der Waals surface area contributed by atoms with Crippen LogP contribution in [-0.2, 0) is 17.9 Å². The average molecular weight is 360 g/mol. The predicted octanol–water partition coefficient (Wildman–Crippen LogP) is 3.80. The number of nitrogens with zero attached hydrogens (tertiary/aromatic N) is 2. The highest BCUT2D eigenvalue weighted by Crippen LogP contribution is 2.10. The van der Waals surface area contributed by atoms with Gasteiger partial charge in [-0.3, -0.25) is 9.69 Å². The number of nitrogens with one attached hydrogen (secondary N) is 1.